The molecule has 134 valence electrons. The highest BCUT2D eigenvalue weighted by atomic mass is 15.4. The number of pyridine rings is 1. The van der Waals surface area contributed by atoms with Crippen molar-refractivity contribution in [3.8, 4) is 5.82 Å². The molecular weight excluding hydrogens is 326 g/mol. The number of piperazine rings is 1. The molecule has 4 heterocycles. The molecule has 0 bridgehead atoms. The zero-order chi connectivity index (χ0) is 17.9. The Kier molecular flexibility index (Phi) is 4.62. The first-order chi connectivity index (χ1) is 12.7. The average Bonchev–Trinajstić information content (AvgIpc) is 3.11. The lowest BCUT2D eigenvalue weighted by Gasteiger charge is -2.35. The summed E-state index contributed by atoms with van der Waals surface area (Å²) in [6.07, 6.45) is 3.77. The molecule has 0 saturated carbocycles. The van der Waals surface area contributed by atoms with Crippen molar-refractivity contribution in [2.24, 2.45) is 0 Å². The molecule has 0 atom stereocenters. The minimum absolute atomic E-state index is 0.742. The molecule has 3 aromatic heterocycles. The van der Waals surface area contributed by atoms with Crippen LogP contribution in [-0.2, 0) is 6.54 Å². The van der Waals surface area contributed by atoms with Gasteiger partial charge >= 0.3 is 0 Å². The van der Waals surface area contributed by atoms with Crippen LogP contribution in [0.4, 0.5) is 5.82 Å². The van der Waals surface area contributed by atoms with Crippen LogP contribution in [0.3, 0.4) is 0 Å². The van der Waals surface area contributed by atoms with E-state index in [9.17, 15) is 0 Å². The first kappa shape index (κ1) is 16.7. The quantitative estimate of drug-likeness (QED) is 0.718. The Bertz CT molecular complexity index is 864. The summed E-state index contributed by atoms with van der Waals surface area (Å²) in [5, 5.41) is 13.1. The largest absolute Gasteiger partial charge is 0.353 e. The maximum absolute atomic E-state index is 4.50. The second-order valence-corrected chi connectivity index (χ2v) is 6.68. The Balaban J connectivity index is 1.36. The molecule has 1 aliphatic heterocycles. The molecule has 0 aliphatic carbocycles. The summed E-state index contributed by atoms with van der Waals surface area (Å²) < 4.78 is 1.75. The molecular formula is C19H23N7. The van der Waals surface area contributed by atoms with Gasteiger partial charge in [-0.1, -0.05) is 6.07 Å². The van der Waals surface area contributed by atoms with Gasteiger partial charge in [0.25, 0.3) is 0 Å². The van der Waals surface area contributed by atoms with E-state index in [-0.39, 0.29) is 0 Å². The lowest BCUT2D eigenvalue weighted by atomic mass is 10.2. The zero-order valence-corrected chi connectivity index (χ0v) is 15.2. The Labute approximate surface area is 153 Å². The summed E-state index contributed by atoms with van der Waals surface area (Å²) in [6.45, 7) is 8.88. The van der Waals surface area contributed by atoms with E-state index in [4.69, 9.17) is 0 Å². The molecule has 26 heavy (non-hydrogen) atoms. The highest BCUT2D eigenvalue weighted by Gasteiger charge is 2.19. The molecule has 0 aromatic carbocycles. The molecule has 0 spiro atoms. The molecule has 7 nitrogen and oxygen atoms in total. The molecule has 1 aliphatic rings. The van der Waals surface area contributed by atoms with Gasteiger partial charge in [0.05, 0.1) is 11.4 Å². The van der Waals surface area contributed by atoms with Crippen molar-refractivity contribution >= 4 is 5.82 Å². The van der Waals surface area contributed by atoms with Crippen molar-refractivity contribution in [1.29, 1.82) is 0 Å². The fourth-order valence-electron chi connectivity index (χ4n) is 3.18. The highest BCUT2D eigenvalue weighted by Crippen LogP contribution is 2.16. The number of rotatable bonds is 4. The van der Waals surface area contributed by atoms with Crippen LogP contribution >= 0.6 is 0 Å². The number of nitrogens with zero attached hydrogens (tertiary/aromatic N) is 7. The summed E-state index contributed by atoms with van der Waals surface area (Å²) >= 11 is 0. The van der Waals surface area contributed by atoms with Gasteiger partial charge in [0, 0.05) is 45.1 Å². The van der Waals surface area contributed by atoms with E-state index in [2.05, 4.69) is 43.1 Å². The van der Waals surface area contributed by atoms with Crippen LogP contribution in [0.1, 0.15) is 17.0 Å². The fraction of sp³-hybridized carbons (Fsp3) is 0.368. The summed E-state index contributed by atoms with van der Waals surface area (Å²) in [6, 6.07) is 10.1. The van der Waals surface area contributed by atoms with E-state index in [1.807, 2.05) is 43.6 Å². The molecule has 7 heteroatoms. The predicted molar refractivity (Wildman–Crippen MR) is 100 cm³/mol. The van der Waals surface area contributed by atoms with Crippen molar-refractivity contribution in [3.63, 3.8) is 0 Å². The first-order valence-electron chi connectivity index (χ1n) is 8.93. The van der Waals surface area contributed by atoms with Gasteiger partial charge in [-0.25, -0.2) is 4.68 Å². The van der Waals surface area contributed by atoms with Crippen molar-refractivity contribution in [2.75, 3.05) is 31.1 Å². The standard InChI is InChI=1S/C19H23N7/c1-15-4-3-8-20-17(15)14-24-10-12-25(13-11-24)18-5-6-19(22-21-18)26-9-7-16(2)23-26/h3-9H,10-14H2,1-2H3. The van der Waals surface area contributed by atoms with Gasteiger partial charge < -0.3 is 4.90 Å². The molecule has 0 unspecified atom stereocenters. The number of hydrogen-bond donors (Lipinski definition) is 0. The van der Waals surface area contributed by atoms with Crippen LogP contribution in [-0.4, -0.2) is 56.0 Å². The second kappa shape index (κ2) is 7.21. The molecule has 1 fully saturated rings. The monoisotopic (exact) mass is 349 g/mol. The van der Waals surface area contributed by atoms with E-state index in [1.54, 1.807) is 4.68 Å². The van der Waals surface area contributed by atoms with E-state index in [0.717, 1.165) is 50.1 Å². The van der Waals surface area contributed by atoms with Crippen LogP contribution in [0.5, 0.6) is 0 Å². The predicted octanol–water partition coefficient (Wildman–Crippen LogP) is 2.00. The van der Waals surface area contributed by atoms with Crippen molar-refractivity contribution in [1.82, 2.24) is 29.9 Å². The molecule has 1 saturated heterocycles. The van der Waals surface area contributed by atoms with E-state index in [1.165, 1.54) is 11.3 Å². The highest BCUT2D eigenvalue weighted by molar-refractivity contribution is 5.40. The fourth-order valence-corrected chi connectivity index (χ4v) is 3.18. The Morgan fingerprint density at radius 1 is 0.923 bits per heavy atom. The molecule has 4 rings (SSSR count). The summed E-state index contributed by atoms with van der Waals surface area (Å²) in [7, 11) is 0. The van der Waals surface area contributed by atoms with Gasteiger partial charge in [-0.2, -0.15) is 5.10 Å². The van der Waals surface area contributed by atoms with Crippen molar-refractivity contribution < 1.29 is 0 Å². The third-order valence-electron chi connectivity index (χ3n) is 4.78. The zero-order valence-electron chi connectivity index (χ0n) is 15.2. The Morgan fingerprint density at radius 2 is 1.69 bits per heavy atom. The summed E-state index contributed by atoms with van der Waals surface area (Å²) in [5.41, 5.74) is 3.39. The van der Waals surface area contributed by atoms with Gasteiger partial charge in [-0.05, 0) is 43.7 Å². The second-order valence-electron chi connectivity index (χ2n) is 6.68. The van der Waals surface area contributed by atoms with Crippen molar-refractivity contribution in [3.05, 3.63) is 59.7 Å². The van der Waals surface area contributed by atoms with Crippen LogP contribution in [0.15, 0.2) is 42.7 Å². The molecule has 3 aromatic rings. The maximum Gasteiger partial charge on any atom is 0.175 e. The number of hydrogen-bond acceptors (Lipinski definition) is 6. The first-order valence-corrected chi connectivity index (χ1v) is 8.93. The van der Waals surface area contributed by atoms with Gasteiger partial charge in [-0.15, -0.1) is 10.2 Å². The van der Waals surface area contributed by atoms with Crippen LogP contribution in [0.25, 0.3) is 5.82 Å². The van der Waals surface area contributed by atoms with E-state index >= 15 is 0 Å². The number of aryl methyl sites for hydroxylation is 2. The van der Waals surface area contributed by atoms with E-state index in [0.29, 0.717) is 0 Å². The minimum atomic E-state index is 0.742. The summed E-state index contributed by atoms with van der Waals surface area (Å²) in [5.74, 6) is 1.66. The summed E-state index contributed by atoms with van der Waals surface area (Å²) in [4.78, 5) is 9.23. The SMILES string of the molecule is Cc1ccn(-c2ccc(N3CCN(Cc4ncccc4C)CC3)nn2)n1. The normalized spacial score (nSPS) is 15.4. The van der Waals surface area contributed by atoms with Crippen LogP contribution < -0.4 is 4.90 Å². The number of aromatic nitrogens is 5. The lowest BCUT2D eigenvalue weighted by molar-refractivity contribution is 0.246. The maximum atomic E-state index is 4.50. The van der Waals surface area contributed by atoms with Gasteiger partial charge in [-0.3, -0.25) is 9.88 Å². The van der Waals surface area contributed by atoms with Gasteiger partial charge in [0.2, 0.25) is 0 Å². The van der Waals surface area contributed by atoms with Gasteiger partial charge in [0.1, 0.15) is 0 Å². The molecule has 0 radical (unpaired) electrons. The Morgan fingerprint density at radius 3 is 2.35 bits per heavy atom. The minimum Gasteiger partial charge on any atom is -0.353 e. The van der Waals surface area contributed by atoms with Crippen LogP contribution in [0, 0.1) is 13.8 Å². The van der Waals surface area contributed by atoms with Gasteiger partial charge in [0.15, 0.2) is 11.6 Å². The third-order valence-corrected chi connectivity index (χ3v) is 4.78. The topological polar surface area (TPSA) is 63.0 Å². The molecule has 0 N–H and O–H groups in total. The average molecular weight is 349 g/mol. The van der Waals surface area contributed by atoms with Crippen molar-refractivity contribution in [2.45, 2.75) is 20.4 Å². The van der Waals surface area contributed by atoms with Crippen LogP contribution in [0.2, 0.25) is 0 Å². The third kappa shape index (κ3) is 3.57. The van der Waals surface area contributed by atoms with E-state index < -0.39 is 0 Å². The lowest BCUT2D eigenvalue weighted by Crippen LogP contribution is -2.46. The smallest absolute Gasteiger partial charge is 0.175 e. The Hall–Kier alpha value is -2.80. The molecule has 0 amide bonds. The number of anilines is 1.